The third-order valence-corrected chi connectivity index (χ3v) is 3.46. The van der Waals surface area contributed by atoms with Gasteiger partial charge in [0.1, 0.15) is 0 Å². The summed E-state index contributed by atoms with van der Waals surface area (Å²) in [5.74, 6) is 1.73. The van der Waals surface area contributed by atoms with Gasteiger partial charge in [0.15, 0.2) is 0 Å². The maximum Gasteiger partial charge on any atom is 0.0959 e. The van der Waals surface area contributed by atoms with Crippen LogP contribution < -0.4 is 0 Å². The van der Waals surface area contributed by atoms with Gasteiger partial charge in [-0.3, -0.25) is 0 Å². The van der Waals surface area contributed by atoms with Crippen LogP contribution in [-0.4, -0.2) is 4.98 Å². The molecule has 0 bridgehead atoms. The van der Waals surface area contributed by atoms with Crippen molar-refractivity contribution in [3.8, 4) is 0 Å². The SMILES string of the molecule is CC(C)C(C)c1nc(CCl)cs1. The fourth-order valence-corrected chi connectivity index (χ4v) is 2.16. The van der Waals surface area contributed by atoms with Crippen LogP contribution in [0.3, 0.4) is 0 Å². The average Bonchev–Trinajstić information content (AvgIpc) is 2.50. The predicted octanol–water partition coefficient (Wildman–Crippen LogP) is 3.64. The fraction of sp³-hybridized carbons (Fsp3) is 0.667. The number of alkyl halides is 1. The first-order valence-electron chi connectivity index (χ1n) is 4.15. The zero-order valence-corrected chi connectivity index (χ0v) is 9.25. The Kier molecular flexibility index (Phi) is 3.53. The quantitative estimate of drug-likeness (QED) is 0.684. The highest BCUT2D eigenvalue weighted by atomic mass is 35.5. The van der Waals surface area contributed by atoms with E-state index in [0.29, 0.717) is 17.7 Å². The van der Waals surface area contributed by atoms with Crippen LogP contribution in [0.15, 0.2) is 5.38 Å². The molecule has 0 N–H and O–H groups in total. The Balaban J connectivity index is 2.74. The van der Waals surface area contributed by atoms with Gasteiger partial charge in [-0.05, 0) is 5.92 Å². The van der Waals surface area contributed by atoms with Gasteiger partial charge in [0.05, 0.1) is 16.6 Å². The van der Waals surface area contributed by atoms with E-state index >= 15 is 0 Å². The lowest BCUT2D eigenvalue weighted by molar-refractivity contribution is 0.532. The van der Waals surface area contributed by atoms with Crippen molar-refractivity contribution in [2.75, 3.05) is 0 Å². The van der Waals surface area contributed by atoms with Crippen molar-refractivity contribution in [1.82, 2.24) is 4.98 Å². The van der Waals surface area contributed by atoms with E-state index in [1.807, 2.05) is 5.38 Å². The minimum Gasteiger partial charge on any atom is -0.245 e. The smallest absolute Gasteiger partial charge is 0.0959 e. The van der Waals surface area contributed by atoms with Gasteiger partial charge < -0.3 is 0 Å². The molecule has 12 heavy (non-hydrogen) atoms. The van der Waals surface area contributed by atoms with Crippen LogP contribution in [0, 0.1) is 5.92 Å². The van der Waals surface area contributed by atoms with Gasteiger partial charge in [-0.2, -0.15) is 0 Å². The van der Waals surface area contributed by atoms with Gasteiger partial charge in [-0.1, -0.05) is 20.8 Å². The van der Waals surface area contributed by atoms with Crippen molar-refractivity contribution < 1.29 is 0 Å². The van der Waals surface area contributed by atoms with Crippen molar-refractivity contribution in [3.05, 3.63) is 16.1 Å². The lowest BCUT2D eigenvalue weighted by Gasteiger charge is -2.11. The maximum absolute atomic E-state index is 5.67. The van der Waals surface area contributed by atoms with Gasteiger partial charge in [0.25, 0.3) is 0 Å². The Morgan fingerprint density at radius 1 is 1.50 bits per heavy atom. The summed E-state index contributed by atoms with van der Waals surface area (Å²) < 4.78 is 0. The summed E-state index contributed by atoms with van der Waals surface area (Å²) in [4.78, 5) is 4.44. The number of halogens is 1. The molecule has 0 radical (unpaired) electrons. The highest BCUT2D eigenvalue weighted by Crippen LogP contribution is 2.26. The molecule has 1 heterocycles. The van der Waals surface area contributed by atoms with E-state index in [0.717, 1.165) is 5.69 Å². The first-order valence-corrected chi connectivity index (χ1v) is 5.56. The summed E-state index contributed by atoms with van der Waals surface area (Å²) in [6.45, 7) is 6.64. The van der Waals surface area contributed by atoms with Gasteiger partial charge in [0, 0.05) is 11.3 Å². The first kappa shape index (κ1) is 10.0. The van der Waals surface area contributed by atoms with Crippen LogP contribution in [0.2, 0.25) is 0 Å². The minimum atomic E-state index is 0.529. The third-order valence-electron chi connectivity index (χ3n) is 2.10. The average molecular weight is 204 g/mol. The number of hydrogen-bond donors (Lipinski definition) is 0. The van der Waals surface area contributed by atoms with Crippen LogP contribution in [0.5, 0.6) is 0 Å². The van der Waals surface area contributed by atoms with E-state index in [-0.39, 0.29) is 0 Å². The molecule has 3 heteroatoms. The van der Waals surface area contributed by atoms with E-state index in [4.69, 9.17) is 11.6 Å². The predicted molar refractivity (Wildman–Crippen MR) is 54.9 cm³/mol. The molecule has 0 aliphatic rings. The zero-order chi connectivity index (χ0) is 9.14. The zero-order valence-electron chi connectivity index (χ0n) is 7.67. The highest BCUT2D eigenvalue weighted by molar-refractivity contribution is 7.09. The van der Waals surface area contributed by atoms with Gasteiger partial charge in [-0.25, -0.2) is 4.98 Å². The number of hydrogen-bond acceptors (Lipinski definition) is 2. The molecule has 1 unspecified atom stereocenters. The van der Waals surface area contributed by atoms with E-state index in [1.165, 1.54) is 5.01 Å². The second kappa shape index (κ2) is 4.24. The maximum atomic E-state index is 5.67. The molecule has 68 valence electrons. The molecule has 0 spiro atoms. The van der Waals surface area contributed by atoms with Crippen molar-refractivity contribution in [2.24, 2.45) is 5.92 Å². The molecular weight excluding hydrogens is 190 g/mol. The number of thiazole rings is 1. The summed E-state index contributed by atoms with van der Waals surface area (Å²) in [5, 5.41) is 3.25. The lowest BCUT2D eigenvalue weighted by atomic mass is 9.99. The standard InChI is InChI=1S/C9H14ClNS/c1-6(2)7(3)9-11-8(4-10)5-12-9/h5-7H,4H2,1-3H3. The van der Waals surface area contributed by atoms with Crippen molar-refractivity contribution in [1.29, 1.82) is 0 Å². The number of aromatic nitrogens is 1. The second-order valence-electron chi connectivity index (χ2n) is 3.34. The van der Waals surface area contributed by atoms with E-state index in [1.54, 1.807) is 11.3 Å². The Hall–Kier alpha value is -0.0800. The van der Waals surface area contributed by atoms with E-state index in [2.05, 4.69) is 25.8 Å². The lowest BCUT2D eigenvalue weighted by Crippen LogP contribution is -2.01. The van der Waals surface area contributed by atoms with Crippen LogP contribution in [0.1, 0.15) is 37.4 Å². The molecule has 1 aromatic rings. The minimum absolute atomic E-state index is 0.529. The molecule has 0 aromatic carbocycles. The summed E-state index contributed by atoms with van der Waals surface area (Å²) >= 11 is 7.38. The largest absolute Gasteiger partial charge is 0.245 e. The number of rotatable bonds is 3. The van der Waals surface area contributed by atoms with Crippen molar-refractivity contribution in [3.63, 3.8) is 0 Å². The van der Waals surface area contributed by atoms with Crippen LogP contribution in [0.4, 0.5) is 0 Å². The molecule has 0 amide bonds. The van der Waals surface area contributed by atoms with Gasteiger partial charge in [0.2, 0.25) is 0 Å². The molecular formula is C9H14ClNS. The molecule has 0 saturated heterocycles. The van der Waals surface area contributed by atoms with Crippen LogP contribution in [0.25, 0.3) is 0 Å². The summed E-state index contributed by atoms with van der Waals surface area (Å²) in [7, 11) is 0. The van der Waals surface area contributed by atoms with Gasteiger partial charge >= 0.3 is 0 Å². The molecule has 1 rings (SSSR count). The van der Waals surface area contributed by atoms with Gasteiger partial charge in [-0.15, -0.1) is 22.9 Å². The number of nitrogens with zero attached hydrogens (tertiary/aromatic N) is 1. The normalized spacial score (nSPS) is 13.8. The Labute approximate surface area is 82.8 Å². The summed E-state index contributed by atoms with van der Waals surface area (Å²) in [6.07, 6.45) is 0. The monoisotopic (exact) mass is 203 g/mol. The summed E-state index contributed by atoms with van der Waals surface area (Å²) in [6, 6.07) is 0. The molecule has 1 atom stereocenters. The molecule has 0 aliphatic heterocycles. The van der Waals surface area contributed by atoms with Crippen molar-refractivity contribution in [2.45, 2.75) is 32.6 Å². The molecule has 1 aromatic heterocycles. The van der Waals surface area contributed by atoms with E-state index < -0.39 is 0 Å². The Bertz CT molecular complexity index is 244. The van der Waals surface area contributed by atoms with Crippen LogP contribution in [-0.2, 0) is 5.88 Å². The third kappa shape index (κ3) is 2.20. The van der Waals surface area contributed by atoms with Crippen molar-refractivity contribution >= 4 is 22.9 Å². The topological polar surface area (TPSA) is 12.9 Å². The van der Waals surface area contributed by atoms with Crippen LogP contribution >= 0.6 is 22.9 Å². The molecule has 0 fully saturated rings. The summed E-state index contributed by atoms with van der Waals surface area (Å²) in [5.41, 5.74) is 1.00. The molecule has 1 nitrogen and oxygen atoms in total. The fourth-order valence-electron chi connectivity index (χ4n) is 0.878. The Morgan fingerprint density at radius 3 is 2.58 bits per heavy atom. The van der Waals surface area contributed by atoms with E-state index in [9.17, 15) is 0 Å². The Morgan fingerprint density at radius 2 is 2.17 bits per heavy atom. The second-order valence-corrected chi connectivity index (χ2v) is 4.50. The first-order chi connectivity index (χ1) is 5.65. The highest BCUT2D eigenvalue weighted by Gasteiger charge is 2.13. The molecule has 0 aliphatic carbocycles. The molecule has 0 saturated carbocycles.